The van der Waals surface area contributed by atoms with Gasteiger partial charge in [-0.25, -0.2) is 0 Å². The van der Waals surface area contributed by atoms with Crippen LogP contribution in [0.4, 0.5) is 0 Å². The van der Waals surface area contributed by atoms with Gasteiger partial charge in [-0.2, -0.15) is 15.0 Å². The summed E-state index contributed by atoms with van der Waals surface area (Å²) in [5.41, 5.74) is 2.65. The van der Waals surface area contributed by atoms with Crippen LogP contribution in [0.1, 0.15) is 5.69 Å². The molecule has 2 aromatic carbocycles. The molecule has 0 aliphatic carbocycles. The van der Waals surface area contributed by atoms with Crippen LogP contribution in [0.2, 0.25) is 0 Å². The van der Waals surface area contributed by atoms with E-state index in [2.05, 4.69) is 11.2 Å². The molecule has 2 aromatic heterocycles. The summed E-state index contributed by atoms with van der Waals surface area (Å²) in [7, 11) is 1.87. The molecule has 0 N–H and O–H groups in total. The molecule has 5 heteroatoms. The lowest BCUT2D eigenvalue weighted by molar-refractivity contribution is 0.784. The van der Waals surface area contributed by atoms with Crippen LogP contribution in [0.3, 0.4) is 0 Å². The number of benzene rings is 2. The number of hydrogen-bond acceptors (Lipinski definition) is 3. The molecule has 2 heterocycles. The molecule has 0 saturated heterocycles. The number of aromatic nitrogens is 3. The van der Waals surface area contributed by atoms with Crippen LogP contribution in [-0.4, -0.2) is 14.3 Å². The van der Waals surface area contributed by atoms with Gasteiger partial charge in [0.25, 0.3) is 5.56 Å². The van der Waals surface area contributed by atoms with Crippen molar-refractivity contribution in [1.82, 2.24) is 14.3 Å². The Morgan fingerprint density at radius 3 is 2.54 bits per heavy atom. The van der Waals surface area contributed by atoms with E-state index in [0.29, 0.717) is 16.9 Å². The maximum Gasteiger partial charge on any atom is 0.296 e. The number of rotatable bonds is 2. The van der Waals surface area contributed by atoms with Crippen LogP contribution in [0.25, 0.3) is 27.5 Å². The largest absolute Gasteiger partial charge is 0.339 e. The molecule has 4 rings (SSSR count). The third kappa shape index (κ3) is 1.94. The van der Waals surface area contributed by atoms with Crippen LogP contribution >= 0.6 is 0 Å². The molecule has 5 nitrogen and oxygen atoms in total. The molecule has 0 radical (unpaired) electrons. The van der Waals surface area contributed by atoms with E-state index in [0.717, 1.165) is 16.3 Å². The van der Waals surface area contributed by atoms with Crippen molar-refractivity contribution in [3.8, 4) is 11.8 Å². The van der Waals surface area contributed by atoms with Crippen LogP contribution in [0, 0.1) is 11.3 Å². The second kappa shape index (κ2) is 5.36. The van der Waals surface area contributed by atoms with Crippen molar-refractivity contribution < 1.29 is 0 Å². The fourth-order valence-electron chi connectivity index (χ4n) is 3.20. The van der Waals surface area contributed by atoms with Gasteiger partial charge in [0, 0.05) is 23.3 Å². The highest BCUT2D eigenvalue weighted by Gasteiger charge is 2.18. The van der Waals surface area contributed by atoms with Gasteiger partial charge in [-0.05, 0) is 18.2 Å². The van der Waals surface area contributed by atoms with Gasteiger partial charge < -0.3 is 4.57 Å². The second-order valence-corrected chi connectivity index (χ2v) is 5.63. The molecule has 0 aliphatic heterocycles. The zero-order valence-corrected chi connectivity index (χ0v) is 13.1. The van der Waals surface area contributed by atoms with E-state index in [4.69, 9.17) is 0 Å². The summed E-state index contributed by atoms with van der Waals surface area (Å²) in [6.07, 6.45) is 0.150. The molecule has 116 valence electrons. The number of nitrogens with zero attached hydrogens (tertiary/aromatic N) is 4. The normalized spacial score (nSPS) is 11.0. The lowest BCUT2D eigenvalue weighted by Gasteiger charge is -2.08. The minimum Gasteiger partial charge on any atom is -0.339 e. The fourth-order valence-corrected chi connectivity index (χ4v) is 3.20. The Balaban J connectivity index is 2.22. The summed E-state index contributed by atoms with van der Waals surface area (Å²) in [5, 5.41) is 15.4. The summed E-state index contributed by atoms with van der Waals surface area (Å²) in [6, 6.07) is 19.2. The number of para-hydroxylation sites is 2. The first-order valence-corrected chi connectivity index (χ1v) is 7.64. The summed E-state index contributed by atoms with van der Waals surface area (Å²) in [6.45, 7) is 0. The van der Waals surface area contributed by atoms with E-state index in [1.54, 1.807) is 0 Å². The first-order valence-electron chi connectivity index (χ1n) is 7.64. The molecular weight excluding hydrogens is 300 g/mol. The third-order valence-corrected chi connectivity index (χ3v) is 4.26. The fraction of sp³-hybridized carbons (Fsp3) is 0.105. The Hall–Kier alpha value is -3.39. The summed E-state index contributed by atoms with van der Waals surface area (Å²) in [4.78, 5) is 13.1. The van der Waals surface area contributed by atoms with Crippen LogP contribution in [0.15, 0.2) is 59.4 Å². The van der Waals surface area contributed by atoms with Gasteiger partial charge in [-0.3, -0.25) is 4.79 Å². The molecule has 0 atom stereocenters. The molecule has 0 spiro atoms. The Labute approximate surface area is 138 Å². The molecule has 0 saturated carbocycles. The molecular formula is C19H14N4O. The highest BCUT2D eigenvalue weighted by molar-refractivity contribution is 6.08. The summed E-state index contributed by atoms with van der Waals surface area (Å²) in [5.74, 6) is 0. The van der Waals surface area contributed by atoms with Crippen LogP contribution < -0.4 is 5.56 Å². The van der Waals surface area contributed by atoms with Gasteiger partial charge in [0.05, 0.1) is 23.9 Å². The van der Waals surface area contributed by atoms with Crippen LogP contribution in [0.5, 0.6) is 0 Å². The van der Waals surface area contributed by atoms with Gasteiger partial charge in [0.15, 0.2) is 0 Å². The van der Waals surface area contributed by atoms with Crippen LogP contribution in [-0.2, 0) is 13.5 Å². The Kier molecular flexibility index (Phi) is 3.17. The van der Waals surface area contributed by atoms with Gasteiger partial charge in [-0.1, -0.05) is 36.4 Å². The predicted octanol–water partition coefficient (Wildman–Crippen LogP) is 2.94. The molecule has 0 amide bonds. The predicted molar refractivity (Wildman–Crippen MR) is 93.1 cm³/mol. The van der Waals surface area contributed by atoms with Crippen molar-refractivity contribution in [2.45, 2.75) is 6.42 Å². The molecule has 24 heavy (non-hydrogen) atoms. The smallest absolute Gasteiger partial charge is 0.296 e. The lowest BCUT2D eigenvalue weighted by atomic mass is 10.1. The number of hydrogen-bond donors (Lipinski definition) is 0. The minimum absolute atomic E-state index is 0.150. The van der Waals surface area contributed by atoms with E-state index in [9.17, 15) is 10.1 Å². The van der Waals surface area contributed by atoms with Gasteiger partial charge >= 0.3 is 0 Å². The molecule has 0 aliphatic rings. The lowest BCUT2D eigenvalue weighted by Crippen LogP contribution is -2.24. The first-order chi connectivity index (χ1) is 11.7. The van der Waals surface area contributed by atoms with Crippen molar-refractivity contribution >= 4 is 21.8 Å². The van der Waals surface area contributed by atoms with Gasteiger partial charge in [-0.15, -0.1) is 0 Å². The summed E-state index contributed by atoms with van der Waals surface area (Å²) >= 11 is 0. The molecule has 0 fully saturated rings. The van der Waals surface area contributed by atoms with Gasteiger partial charge in [0.1, 0.15) is 5.52 Å². The standard InChI is InChI=1S/C19H14N4O/c1-22-16-10-6-5-9-14(16)17-15(11-12-20)21-23(19(24)18(17)22)13-7-3-2-4-8-13/h2-10H,11H2,1H3. The van der Waals surface area contributed by atoms with Crippen molar-refractivity contribution in [3.05, 3.63) is 70.6 Å². The minimum atomic E-state index is -0.184. The maximum atomic E-state index is 13.1. The SMILES string of the molecule is Cn1c2ccccc2c2c(CC#N)nn(-c3ccccc3)c(=O)c21. The second-order valence-electron chi connectivity index (χ2n) is 5.63. The Morgan fingerprint density at radius 2 is 1.79 bits per heavy atom. The van der Waals surface area contributed by atoms with E-state index in [1.807, 2.05) is 66.2 Å². The average Bonchev–Trinajstić information content (AvgIpc) is 2.92. The van der Waals surface area contributed by atoms with Crippen molar-refractivity contribution in [2.75, 3.05) is 0 Å². The molecule has 0 bridgehead atoms. The molecule has 4 aromatic rings. The number of fused-ring (bicyclic) bond motifs is 3. The van der Waals surface area contributed by atoms with Crippen molar-refractivity contribution in [1.29, 1.82) is 5.26 Å². The zero-order chi connectivity index (χ0) is 16.7. The quantitative estimate of drug-likeness (QED) is 0.571. The molecule has 0 unspecified atom stereocenters. The monoisotopic (exact) mass is 314 g/mol. The van der Waals surface area contributed by atoms with E-state index < -0.39 is 0 Å². The van der Waals surface area contributed by atoms with Crippen molar-refractivity contribution in [2.24, 2.45) is 7.05 Å². The first kappa shape index (κ1) is 14.2. The highest BCUT2D eigenvalue weighted by atomic mass is 16.1. The Bertz CT molecular complexity index is 1160. The summed E-state index contributed by atoms with van der Waals surface area (Å²) < 4.78 is 3.27. The Morgan fingerprint density at radius 1 is 1.08 bits per heavy atom. The number of aryl methyl sites for hydroxylation is 1. The van der Waals surface area contributed by atoms with Crippen molar-refractivity contribution in [3.63, 3.8) is 0 Å². The number of nitriles is 1. The average molecular weight is 314 g/mol. The van der Waals surface area contributed by atoms with E-state index in [-0.39, 0.29) is 12.0 Å². The van der Waals surface area contributed by atoms with Gasteiger partial charge in [0.2, 0.25) is 0 Å². The van der Waals surface area contributed by atoms with E-state index in [1.165, 1.54) is 4.68 Å². The third-order valence-electron chi connectivity index (χ3n) is 4.26. The topological polar surface area (TPSA) is 63.6 Å². The maximum absolute atomic E-state index is 13.1. The zero-order valence-electron chi connectivity index (χ0n) is 13.1. The van der Waals surface area contributed by atoms with E-state index >= 15 is 0 Å². The highest BCUT2D eigenvalue weighted by Crippen LogP contribution is 2.28.